The summed E-state index contributed by atoms with van der Waals surface area (Å²) in [6.45, 7) is 6.65. The van der Waals surface area contributed by atoms with Crippen LogP contribution in [0.15, 0.2) is 18.2 Å². The molecular formula is C16H25NO2. The smallest absolute Gasteiger partial charge is 0.161 e. The lowest BCUT2D eigenvalue weighted by Gasteiger charge is -2.30. The number of benzene rings is 1. The Kier molecular flexibility index (Phi) is 4.04. The van der Waals surface area contributed by atoms with Gasteiger partial charge in [-0.15, -0.1) is 0 Å². The molecule has 0 bridgehead atoms. The van der Waals surface area contributed by atoms with Crippen LogP contribution in [-0.4, -0.2) is 26.3 Å². The van der Waals surface area contributed by atoms with Crippen LogP contribution in [0.4, 0.5) is 0 Å². The first-order chi connectivity index (χ1) is 8.97. The third kappa shape index (κ3) is 2.86. The summed E-state index contributed by atoms with van der Waals surface area (Å²) in [6, 6.07) is 6.46. The molecule has 0 aliphatic heterocycles. The molecule has 1 aromatic rings. The van der Waals surface area contributed by atoms with Crippen molar-refractivity contribution in [3.8, 4) is 11.5 Å². The van der Waals surface area contributed by atoms with E-state index in [0.29, 0.717) is 6.04 Å². The molecule has 1 fully saturated rings. The number of rotatable bonds is 4. The van der Waals surface area contributed by atoms with E-state index in [9.17, 15) is 0 Å². The molecule has 3 nitrogen and oxygen atoms in total. The molecule has 0 saturated heterocycles. The summed E-state index contributed by atoms with van der Waals surface area (Å²) in [4.78, 5) is 0. The highest BCUT2D eigenvalue weighted by molar-refractivity contribution is 5.42. The van der Waals surface area contributed by atoms with Crippen molar-refractivity contribution in [1.82, 2.24) is 5.32 Å². The van der Waals surface area contributed by atoms with E-state index >= 15 is 0 Å². The number of hydrogen-bond acceptors (Lipinski definition) is 3. The van der Waals surface area contributed by atoms with Gasteiger partial charge in [-0.1, -0.05) is 19.9 Å². The third-order valence-corrected chi connectivity index (χ3v) is 4.20. The van der Waals surface area contributed by atoms with E-state index in [4.69, 9.17) is 9.47 Å². The highest BCUT2D eigenvalue weighted by Crippen LogP contribution is 2.40. The maximum absolute atomic E-state index is 6.20. The highest BCUT2D eigenvalue weighted by atomic mass is 16.5. The van der Waals surface area contributed by atoms with E-state index in [1.807, 2.05) is 19.2 Å². The van der Waals surface area contributed by atoms with Gasteiger partial charge >= 0.3 is 0 Å². The zero-order valence-corrected chi connectivity index (χ0v) is 12.6. The summed E-state index contributed by atoms with van der Waals surface area (Å²) in [5, 5.41) is 3.41. The van der Waals surface area contributed by atoms with Crippen molar-refractivity contribution in [2.45, 2.75) is 45.8 Å². The molecule has 0 radical (unpaired) electrons. The van der Waals surface area contributed by atoms with Gasteiger partial charge in [-0.3, -0.25) is 0 Å². The van der Waals surface area contributed by atoms with Crippen LogP contribution in [0.5, 0.6) is 11.5 Å². The molecule has 2 unspecified atom stereocenters. The normalized spacial score (nSPS) is 25.3. The molecule has 1 aliphatic rings. The minimum Gasteiger partial charge on any atom is -0.493 e. The first kappa shape index (κ1) is 14.2. The van der Waals surface area contributed by atoms with Crippen LogP contribution in [-0.2, 0) is 0 Å². The Hall–Kier alpha value is -1.22. The molecule has 0 amide bonds. The van der Waals surface area contributed by atoms with E-state index in [1.54, 1.807) is 7.11 Å². The standard InChI is InChI=1S/C16H25NO2/c1-11-6-7-12(14(10-11)18-5)19-13-8-9-16(2,3)15(13)17-4/h6-7,10,13,15,17H,8-9H2,1-5H3. The number of aryl methyl sites for hydroxylation is 1. The van der Waals surface area contributed by atoms with Crippen molar-refractivity contribution in [3.63, 3.8) is 0 Å². The summed E-state index contributed by atoms with van der Waals surface area (Å²) in [5.74, 6) is 1.66. The van der Waals surface area contributed by atoms with Crippen molar-refractivity contribution < 1.29 is 9.47 Å². The summed E-state index contributed by atoms with van der Waals surface area (Å²) in [7, 11) is 3.70. The molecule has 2 rings (SSSR count). The van der Waals surface area contributed by atoms with Crippen LogP contribution >= 0.6 is 0 Å². The van der Waals surface area contributed by atoms with E-state index in [-0.39, 0.29) is 11.5 Å². The Balaban J connectivity index is 2.18. The number of hydrogen-bond donors (Lipinski definition) is 1. The number of methoxy groups -OCH3 is 1. The highest BCUT2D eigenvalue weighted by Gasteiger charge is 2.42. The molecule has 1 N–H and O–H groups in total. The van der Waals surface area contributed by atoms with Gasteiger partial charge < -0.3 is 14.8 Å². The van der Waals surface area contributed by atoms with Crippen molar-refractivity contribution in [3.05, 3.63) is 23.8 Å². The monoisotopic (exact) mass is 263 g/mol. The predicted molar refractivity (Wildman–Crippen MR) is 78.0 cm³/mol. The summed E-state index contributed by atoms with van der Waals surface area (Å²) < 4.78 is 11.6. The largest absolute Gasteiger partial charge is 0.493 e. The number of nitrogens with one attached hydrogen (secondary N) is 1. The van der Waals surface area contributed by atoms with Gasteiger partial charge in [-0.25, -0.2) is 0 Å². The van der Waals surface area contributed by atoms with Crippen molar-refractivity contribution >= 4 is 0 Å². The lowest BCUT2D eigenvalue weighted by Crippen LogP contribution is -2.44. The lowest BCUT2D eigenvalue weighted by molar-refractivity contribution is 0.141. The Morgan fingerprint density at radius 3 is 2.63 bits per heavy atom. The average molecular weight is 263 g/mol. The fraction of sp³-hybridized carbons (Fsp3) is 0.625. The second-order valence-corrected chi connectivity index (χ2v) is 6.10. The Bertz CT molecular complexity index is 442. The summed E-state index contributed by atoms with van der Waals surface area (Å²) in [5.41, 5.74) is 1.46. The van der Waals surface area contributed by atoms with Crippen LogP contribution in [0.3, 0.4) is 0 Å². The molecule has 1 saturated carbocycles. The first-order valence-electron chi connectivity index (χ1n) is 6.96. The minimum atomic E-state index is 0.205. The molecule has 2 atom stereocenters. The van der Waals surface area contributed by atoms with Crippen molar-refractivity contribution in [2.24, 2.45) is 5.41 Å². The van der Waals surface area contributed by atoms with Gasteiger partial charge in [0, 0.05) is 6.04 Å². The van der Waals surface area contributed by atoms with Crippen LogP contribution in [0, 0.1) is 12.3 Å². The van der Waals surface area contributed by atoms with Gasteiger partial charge in [0.05, 0.1) is 7.11 Å². The van der Waals surface area contributed by atoms with Crippen LogP contribution < -0.4 is 14.8 Å². The zero-order chi connectivity index (χ0) is 14.0. The lowest BCUT2D eigenvalue weighted by atomic mass is 9.87. The van der Waals surface area contributed by atoms with Crippen molar-refractivity contribution in [1.29, 1.82) is 0 Å². The predicted octanol–water partition coefficient (Wildman–Crippen LogP) is 3.16. The van der Waals surface area contributed by atoms with Crippen molar-refractivity contribution in [2.75, 3.05) is 14.2 Å². The molecule has 1 aliphatic carbocycles. The van der Waals surface area contributed by atoms with E-state index in [0.717, 1.165) is 17.9 Å². The third-order valence-electron chi connectivity index (χ3n) is 4.20. The summed E-state index contributed by atoms with van der Waals surface area (Å²) >= 11 is 0. The maximum Gasteiger partial charge on any atom is 0.161 e. The van der Waals surface area contributed by atoms with E-state index in [2.05, 4.69) is 32.2 Å². The molecule has 106 valence electrons. The topological polar surface area (TPSA) is 30.5 Å². The quantitative estimate of drug-likeness (QED) is 0.905. The van der Waals surface area contributed by atoms with Gasteiger partial charge in [-0.05, 0) is 49.9 Å². The maximum atomic E-state index is 6.20. The zero-order valence-electron chi connectivity index (χ0n) is 12.6. The fourth-order valence-electron chi connectivity index (χ4n) is 3.08. The van der Waals surface area contributed by atoms with Gasteiger partial charge in [0.25, 0.3) is 0 Å². The van der Waals surface area contributed by atoms with Gasteiger partial charge in [0.15, 0.2) is 11.5 Å². The second kappa shape index (κ2) is 5.41. The molecule has 0 aromatic heterocycles. The second-order valence-electron chi connectivity index (χ2n) is 6.10. The Morgan fingerprint density at radius 2 is 2.00 bits per heavy atom. The Labute approximate surface area is 116 Å². The van der Waals surface area contributed by atoms with Gasteiger partial charge in [0.1, 0.15) is 6.10 Å². The molecule has 3 heteroatoms. The Morgan fingerprint density at radius 1 is 1.26 bits per heavy atom. The molecule has 0 spiro atoms. The molecular weight excluding hydrogens is 238 g/mol. The van der Waals surface area contributed by atoms with Gasteiger partial charge in [0.2, 0.25) is 0 Å². The molecule has 19 heavy (non-hydrogen) atoms. The fourth-order valence-corrected chi connectivity index (χ4v) is 3.08. The van der Waals surface area contributed by atoms with Crippen LogP contribution in [0.2, 0.25) is 0 Å². The van der Waals surface area contributed by atoms with Crippen LogP contribution in [0.1, 0.15) is 32.3 Å². The first-order valence-corrected chi connectivity index (χ1v) is 6.96. The van der Waals surface area contributed by atoms with Crippen LogP contribution in [0.25, 0.3) is 0 Å². The SMILES string of the molecule is CNC1C(Oc2ccc(C)cc2OC)CCC1(C)C. The summed E-state index contributed by atoms with van der Waals surface area (Å²) in [6.07, 6.45) is 2.46. The molecule has 0 heterocycles. The molecule has 1 aromatic carbocycles. The minimum absolute atomic E-state index is 0.205. The van der Waals surface area contributed by atoms with E-state index in [1.165, 1.54) is 12.0 Å². The average Bonchev–Trinajstić information content (AvgIpc) is 2.66. The number of ether oxygens (including phenoxy) is 2. The van der Waals surface area contributed by atoms with Gasteiger partial charge in [-0.2, -0.15) is 0 Å². The van der Waals surface area contributed by atoms with E-state index < -0.39 is 0 Å². The number of likely N-dealkylation sites (N-methyl/N-ethyl adjacent to an activating group) is 1.